The summed E-state index contributed by atoms with van der Waals surface area (Å²) >= 11 is 0. The van der Waals surface area contributed by atoms with Gasteiger partial charge in [-0.3, -0.25) is 4.79 Å². The molecule has 1 aliphatic heterocycles. The summed E-state index contributed by atoms with van der Waals surface area (Å²) in [6.07, 6.45) is 8.53. The molecule has 212 valence electrons. The van der Waals surface area contributed by atoms with Crippen molar-refractivity contribution >= 4 is 43.4 Å². The van der Waals surface area contributed by atoms with E-state index in [1.54, 1.807) is 16.6 Å². The minimum absolute atomic E-state index is 0.153. The van der Waals surface area contributed by atoms with Crippen LogP contribution < -0.4 is 0 Å². The lowest BCUT2D eigenvalue weighted by molar-refractivity contribution is -0.109. The van der Waals surface area contributed by atoms with Crippen molar-refractivity contribution in [2.75, 3.05) is 13.1 Å². The lowest BCUT2D eigenvalue weighted by Gasteiger charge is -2.33. The predicted octanol–water partition coefficient (Wildman–Crippen LogP) is 6.14. The summed E-state index contributed by atoms with van der Waals surface area (Å²) in [4.78, 5) is 20.6. The van der Waals surface area contributed by atoms with Crippen LogP contribution in [-0.4, -0.2) is 47.3 Å². The van der Waals surface area contributed by atoms with E-state index in [9.17, 15) is 13.2 Å². The number of aromatic amines is 1. The van der Waals surface area contributed by atoms with E-state index in [0.717, 1.165) is 46.9 Å². The van der Waals surface area contributed by atoms with Crippen LogP contribution in [0, 0.1) is 11.3 Å². The zero-order valence-electron chi connectivity index (χ0n) is 23.2. The van der Waals surface area contributed by atoms with Gasteiger partial charge >= 0.3 is 0 Å². The molecular weight excluding hydrogens is 544 g/mol. The zero-order chi connectivity index (χ0) is 29.3. The molecule has 7 nitrogen and oxygen atoms in total. The first-order chi connectivity index (χ1) is 20.3. The molecule has 4 aromatic rings. The number of carbonyl (C=O) groups excluding carboxylic acids is 1. The standard InChI is InChI=1S/C34H32N4O3S/c1-2-33(27-13-12-24-8-6-7-11-26(24)19-27)42(40,41)38-16-14-23(15-17-38)18-28-22-36-34(37-28)30-21-32(39)29(20-31(30)35)25-9-4-3-5-10-25/h2-13,19-23,33,35H,1,14-18H2,(H,36,37). The summed E-state index contributed by atoms with van der Waals surface area (Å²) in [5.41, 5.74) is 3.62. The quantitative estimate of drug-likeness (QED) is 0.194. The molecule has 0 amide bonds. The third-order valence-corrected chi connectivity index (χ3v) is 10.4. The minimum Gasteiger partial charge on any atom is -0.342 e. The van der Waals surface area contributed by atoms with Crippen molar-refractivity contribution in [1.29, 1.82) is 5.41 Å². The van der Waals surface area contributed by atoms with Crippen molar-refractivity contribution in [3.05, 3.63) is 126 Å². The molecule has 0 radical (unpaired) electrons. The maximum absolute atomic E-state index is 13.6. The molecule has 42 heavy (non-hydrogen) atoms. The fourth-order valence-corrected chi connectivity index (χ4v) is 7.65. The van der Waals surface area contributed by atoms with Gasteiger partial charge in [-0.1, -0.05) is 72.8 Å². The predicted molar refractivity (Wildman–Crippen MR) is 168 cm³/mol. The van der Waals surface area contributed by atoms with E-state index in [1.165, 1.54) is 12.2 Å². The van der Waals surface area contributed by atoms with Crippen molar-refractivity contribution in [3.8, 4) is 0 Å². The van der Waals surface area contributed by atoms with Gasteiger partial charge in [0, 0.05) is 36.1 Å². The summed E-state index contributed by atoms with van der Waals surface area (Å²) < 4.78 is 28.9. The largest absolute Gasteiger partial charge is 0.342 e. The molecule has 1 aliphatic carbocycles. The van der Waals surface area contributed by atoms with Crippen LogP contribution in [-0.2, 0) is 21.2 Å². The number of nitrogens with zero attached hydrogens (tertiary/aromatic N) is 2. The highest BCUT2D eigenvalue weighted by Gasteiger charge is 2.34. The Morgan fingerprint density at radius 1 is 0.976 bits per heavy atom. The van der Waals surface area contributed by atoms with E-state index in [0.29, 0.717) is 36.0 Å². The average Bonchev–Trinajstić information content (AvgIpc) is 3.47. The van der Waals surface area contributed by atoms with Gasteiger partial charge in [-0.15, -0.1) is 6.58 Å². The average molecular weight is 577 g/mol. The lowest BCUT2D eigenvalue weighted by atomic mass is 9.91. The second-order valence-electron chi connectivity index (χ2n) is 10.9. The van der Waals surface area contributed by atoms with Gasteiger partial charge in [0.2, 0.25) is 10.0 Å². The number of nitrogens with one attached hydrogen (secondary N) is 2. The summed E-state index contributed by atoms with van der Waals surface area (Å²) in [5.74, 6) is 0.634. The summed E-state index contributed by atoms with van der Waals surface area (Å²) in [7, 11) is -3.61. The number of H-pyrrole nitrogens is 1. The second kappa shape index (κ2) is 11.5. The van der Waals surface area contributed by atoms with Crippen molar-refractivity contribution in [2.45, 2.75) is 24.5 Å². The van der Waals surface area contributed by atoms with E-state index in [1.807, 2.05) is 72.8 Å². The molecule has 2 heterocycles. The zero-order valence-corrected chi connectivity index (χ0v) is 24.0. The highest BCUT2D eigenvalue weighted by molar-refractivity contribution is 7.89. The summed E-state index contributed by atoms with van der Waals surface area (Å²) in [6.45, 7) is 4.75. The van der Waals surface area contributed by atoms with E-state index >= 15 is 0 Å². The van der Waals surface area contributed by atoms with Crippen LogP contribution in [0.3, 0.4) is 0 Å². The third kappa shape index (κ3) is 5.43. The number of aromatic nitrogens is 2. The van der Waals surface area contributed by atoms with Crippen LogP contribution in [0.5, 0.6) is 0 Å². The Bertz CT molecular complexity index is 1850. The molecule has 6 rings (SSSR count). The number of carbonyl (C=O) groups is 1. The molecule has 0 spiro atoms. The Morgan fingerprint density at radius 2 is 1.69 bits per heavy atom. The highest BCUT2D eigenvalue weighted by atomic mass is 32.2. The molecule has 2 N–H and O–H groups in total. The first-order valence-electron chi connectivity index (χ1n) is 14.1. The Labute approximate surface area is 245 Å². The number of sulfonamides is 1. The Balaban J connectivity index is 1.09. The van der Waals surface area contributed by atoms with Gasteiger partial charge < -0.3 is 10.4 Å². The maximum Gasteiger partial charge on any atom is 0.224 e. The van der Waals surface area contributed by atoms with Gasteiger partial charge in [-0.05, 0) is 65.3 Å². The maximum atomic E-state index is 13.6. The first-order valence-corrected chi connectivity index (χ1v) is 15.6. The Kier molecular flexibility index (Phi) is 7.58. The molecule has 1 atom stereocenters. The molecule has 0 bridgehead atoms. The van der Waals surface area contributed by atoms with E-state index in [2.05, 4.69) is 16.5 Å². The van der Waals surface area contributed by atoms with Crippen molar-refractivity contribution in [2.24, 2.45) is 5.92 Å². The SMILES string of the molecule is C=CC(c1ccc2ccccc2c1)S(=O)(=O)N1CCC(Cc2cnc(C3=CC(=O)C(c4ccccc4)=CC3=N)[nH]2)CC1. The normalized spacial score (nSPS) is 17.6. The molecule has 2 aliphatic rings. The van der Waals surface area contributed by atoms with Crippen LogP contribution in [0.4, 0.5) is 0 Å². The second-order valence-corrected chi connectivity index (χ2v) is 12.9. The van der Waals surface area contributed by atoms with Gasteiger partial charge in [-0.2, -0.15) is 0 Å². The minimum atomic E-state index is -3.61. The van der Waals surface area contributed by atoms with Crippen LogP contribution in [0.15, 0.2) is 104 Å². The van der Waals surface area contributed by atoms with Gasteiger partial charge in [0.1, 0.15) is 11.1 Å². The van der Waals surface area contributed by atoms with Gasteiger partial charge in [0.25, 0.3) is 0 Å². The van der Waals surface area contributed by atoms with Gasteiger partial charge in [-0.25, -0.2) is 17.7 Å². The number of fused-ring (bicyclic) bond motifs is 1. The molecule has 1 aromatic heterocycles. The first kappa shape index (κ1) is 27.8. The number of rotatable bonds is 8. The number of ketones is 1. The van der Waals surface area contributed by atoms with E-state index in [4.69, 9.17) is 5.41 Å². The molecule has 1 unspecified atom stereocenters. The number of allylic oxidation sites excluding steroid dienone is 4. The third-order valence-electron chi connectivity index (χ3n) is 8.17. The Morgan fingerprint density at radius 3 is 2.43 bits per heavy atom. The number of hydrogen-bond donors (Lipinski definition) is 2. The number of benzene rings is 3. The van der Waals surface area contributed by atoms with Crippen molar-refractivity contribution < 1.29 is 13.2 Å². The highest BCUT2D eigenvalue weighted by Crippen LogP contribution is 2.33. The van der Waals surface area contributed by atoms with Crippen LogP contribution in [0.25, 0.3) is 21.9 Å². The molecule has 8 heteroatoms. The summed E-state index contributed by atoms with van der Waals surface area (Å²) in [6, 6.07) is 23.0. The van der Waals surface area contributed by atoms with Crippen LogP contribution in [0.2, 0.25) is 0 Å². The van der Waals surface area contributed by atoms with Crippen LogP contribution in [0.1, 0.15) is 40.7 Å². The topological polar surface area (TPSA) is 107 Å². The smallest absolute Gasteiger partial charge is 0.224 e. The fourth-order valence-electron chi connectivity index (χ4n) is 5.87. The van der Waals surface area contributed by atoms with E-state index in [-0.39, 0.29) is 11.5 Å². The number of imidazole rings is 1. The monoisotopic (exact) mass is 576 g/mol. The molecule has 1 fully saturated rings. The van der Waals surface area contributed by atoms with Crippen molar-refractivity contribution in [1.82, 2.24) is 14.3 Å². The van der Waals surface area contributed by atoms with Crippen molar-refractivity contribution in [3.63, 3.8) is 0 Å². The fraction of sp³-hybridized carbons (Fsp3) is 0.206. The molecule has 0 saturated carbocycles. The van der Waals surface area contributed by atoms with Gasteiger partial charge in [0.15, 0.2) is 5.78 Å². The molecule has 3 aromatic carbocycles. The molecular formula is C34H32N4O3S. The number of hydrogen-bond acceptors (Lipinski definition) is 5. The van der Waals surface area contributed by atoms with Gasteiger partial charge in [0.05, 0.1) is 5.71 Å². The van der Waals surface area contributed by atoms with Crippen LogP contribution >= 0.6 is 0 Å². The Hall–Kier alpha value is -4.40. The molecule has 1 saturated heterocycles. The van der Waals surface area contributed by atoms with E-state index < -0.39 is 15.3 Å². The lowest BCUT2D eigenvalue weighted by Crippen LogP contribution is -2.40. The number of piperidine rings is 1. The summed E-state index contributed by atoms with van der Waals surface area (Å²) in [5, 5.41) is 9.80.